The molecule has 0 aromatic carbocycles. The Morgan fingerprint density at radius 2 is 2.19 bits per heavy atom. The van der Waals surface area contributed by atoms with Gasteiger partial charge >= 0.3 is 5.97 Å². The van der Waals surface area contributed by atoms with Crippen molar-refractivity contribution < 1.29 is 9.53 Å². The summed E-state index contributed by atoms with van der Waals surface area (Å²) in [5.41, 5.74) is 5.25. The molecule has 1 heterocycles. The number of nitrogens with two attached hydrogens (primary N) is 1. The number of methoxy groups -OCH3 is 1. The van der Waals surface area contributed by atoms with Crippen LogP contribution < -0.4 is 5.73 Å². The number of hydrogen-bond acceptors (Lipinski definition) is 4. The Labute approximate surface area is 110 Å². The molecule has 0 fully saturated rings. The molecule has 1 atom stereocenters. The standard InChI is InChI=1S/C10H14ClNO2S.ClH/c1-10(2,9(13)14-3)8(12)7-6(11)4-5-15-7;/h4-5,8H,12H2,1-3H3;1H/t8-;/m0./s1. The van der Waals surface area contributed by atoms with Crippen LogP contribution in [0.25, 0.3) is 0 Å². The van der Waals surface area contributed by atoms with Gasteiger partial charge in [-0.25, -0.2) is 0 Å². The lowest BCUT2D eigenvalue weighted by molar-refractivity contribution is -0.152. The Morgan fingerprint density at radius 3 is 2.56 bits per heavy atom. The lowest BCUT2D eigenvalue weighted by Gasteiger charge is -2.28. The van der Waals surface area contributed by atoms with E-state index in [2.05, 4.69) is 0 Å². The zero-order chi connectivity index (χ0) is 11.6. The molecule has 0 amide bonds. The molecule has 1 aromatic heterocycles. The lowest BCUT2D eigenvalue weighted by Crippen LogP contribution is -2.37. The van der Waals surface area contributed by atoms with E-state index in [0.29, 0.717) is 5.02 Å². The van der Waals surface area contributed by atoms with Gasteiger partial charge in [-0.15, -0.1) is 23.7 Å². The van der Waals surface area contributed by atoms with E-state index in [-0.39, 0.29) is 18.4 Å². The van der Waals surface area contributed by atoms with Crippen molar-refractivity contribution in [3.05, 3.63) is 21.3 Å². The first-order valence-corrected chi connectivity index (χ1v) is 5.74. The van der Waals surface area contributed by atoms with E-state index >= 15 is 0 Å². The van der Waals surface area contributed by atoms with Crippen molar-refractivity contribution in [2.45, 2.75) is 19.9 Å². The predicted molar refractivity (Wildman–Crippen MR) is 69.3 cm³/mol. The van der Waals surface area contributed by atoms with E-state index in [9.17, 15) is 4.79 Å². The number of rotatable bonds is 3. The molecule has 1 rings (SSSR count). The second-order valence-electron chi connectivity index (χ2n) is 3.82. The average molecular weight is 284 g/mol. The van der Waals surface area contributed by atoms with Crippen molar-refractivity contribution in [3.63, 3.8) is 0 Å². The number of ether oxygens (including phenoxy) is 1. The molecule has 0 aliphatic rings. The maximum absolute atomic E-state index is 11.5. The number of hydrogen-bond donors (Lipinski definition) is 1. The Bertz CT molecular complexity index is 365. The van der Waals surface area contributed by atoms with Crippen LogP contribution in [0.2, 0.25) is 5.02 Å². The minimum Gasteiger partial charge on any atom is -0.469 e. The summed E-state index contributed by atoms with van der Waals surface area (Å²) < 4.78 is 4.72. The van der Waals surface area contributed by atoms with Crippen LogP contribution in [0.1, 0.15) is 24.8 Å². The molecule has 1 aromatic rings. The molecule has 6 heteroatoms. The molecule has 0 bridgehead atoms. The first kappa shape index (κ1) is 15.7. The molecule has 2 N–H and O–H groups in total. The molecule has 0 saturated heterocycles. The third kappa shape index (κ3) is 2.88. The van der Waals surface area contributed by atoms with Gasteiger partial charge in [0.25, 0.3) is 0 Å². The van der Waals surface area contributed by atoms with Crippen molar-refractivity contribution >= 4 is 41.3 Å². The molecular formula is C10H15Cl2NO2S. The molecule has 0 saturated carbocycles. The quantitative estimate of drug-likeness (QED) is 0.868. The third-order valence-electron chi connectivity index (χ3n) is 2.42. The summed E-state index contributed by atoms with van der Waals surface area (Å²) in [4.78, 5) is 12.4. The maximum Gasteiger partial charge on any atom is 0.313 e. The fourth-order valence-electron chi connectivity index (χ4n) is 1.25. The minimum absolute atomic E-state index is 0. The maximum atomic E-state index is 11.5. The Morgan fingerprint density at radius 1 is 1.62 bits per heavy atom. The summed E-state index contributed by atoms with van der Waals surface area (Å²) in [5, 5.41) is 2.45. The Kier molecular flexibility index (Phi) is 5.76. The van der Waals surface area contributed by atoms with E-state index in [0.717, 1.165) is 4.88 Å². The highest BCUT2D eigenvalue weighted by molar-refractivity contribution is 7.10. The predicted octanol–water partition coefficient (Wildman–Crippen LogP) is 3.02. The van der Waals surface area contributed by atoms with Gasteiger partial charge in [0.1, 0.15) is 0 Å². The van der Waals surface area contributed by atoms with Crippen LogP contribution in [-0.2, 0) is 9.53 Å². The SMILES string of the molecule is COC(=O)C(C)(C)[C@@H](N)c1sccc1Cl.Cl. The van der Waals surface area contributed by atoms with E-state index in [1.54, 1.807) is 19.9 Å². The van der Waals surface area contributed by atoms with Crippen LogP contribution in [-0.4, -0.2) is 13.1 Å². The second kappa shape index (κ2) is 5.87. The fraction of sp³-hybridized carbons (Fsp3) is 0.500. The number of halogens is 2. The van der Waals surface area contributed by atoms with Crippen LogP contribution in [0, 0.1) is 5.41 Å². The summed E-state index contributed by atoms with van der Waals surface area (Å²) in [6.07, 6.45) is 0. The zero-order valence-electron chi connectivity index (χ0n) is 9.32. The van der Waals surface area contributed by atoms with Gasteiger partial charge in [-0.05, 0) is 25.3 Å². The van der Waals surface area contributed by atoms with Crippen LogP contribution in [0.4, 0.5) is 0 Å². The highest BCUT2D eigenvalue weighted by atomic mass is 35.5. The minimum atomic E-state index is -0.775. The monoisotopic (exact) mass is 283 g/mol. The average Bonchev–Trinajstić information content (AvgIpc) is 2.61. The summed E-state index contributed by atoms with van der Waals surface area (Å²) in [6.45, 7) is 3.50. The summed E-state index contributed by atoms with van der Waals surface area (Å²) in [6, 6.07) is 1.33. The zero-order valence-corrected chi connectivity index (χ0v) is 11.7. The topological polar surface area (TPSA) is 52.3 Å². The molecule has 0 unspecified atom stereocenters. The number of carbonyl (C=O) groups excluding carboxylic acids is 1. The van der Waals surface area contributed by atoms with Gasteiger partial charge in [0.2, 0.25) is 0 Å². The largest absolute Gasteiger partial charge is 0.469 e. The van der Waals surface area contributed by atoms with Crippen LogP contribution >= 0.6 is 35.3 Å². The van der Waals surface area contributed by atoms with Crippen LogP contribution in [0.3, 0.4) is 0 Å². The van der Waals surface area contributed by atoms with Gasteiger partial charge in [0, 0.05) is 4.88 Å². The van der Waals surface area contributed by atoms with E-state index in [1.165, 1.54) is 18.4 Å². The molecule has 0 aliphatic heterocycles. The molecule has 0 spiro atoms. The highest BCUT2D eigenvalue weighted by Gasteiger charge is 2.38. The first-order chi connectivity index (χ1) is 6.91. The molecule has 16 heavy (non-hydrogen) atoms. The van der Waals surface area contributed by atoms with Gasteiger partial charge < -0.3 is 10.5 Å². The van der Waals surface area contributed by atoms with Gasteiger partial charge in [-0.2, -0.15) is 0 Å². The van der Waals surface area contributed by atoms with Gasteiger partial charge in [0.15, 0.2) is 0 Å². The van der Waals surface area contributed by atoms with Gasteiger partial charge in [0.05, 0.1) is 23.6 Å². The number of esters is 1. The number of thiophene rings is 1. The summed E-state index contributed by atoms with van der Waals surface area (Å²) in [7, 11) is 1.35. The van der Waals surface area contributed by atoms with Crippen molar-refractivity contribution in [2.75, 3.05) is 7.11 Å². The molecule has 3 nitrogen and oxygen atoms in total. The molecular weight excluding hydrogens is 269 g/mol. The van der Waals surface area contributed by atoms with Gasteiger partial charge in [-0.1, -0.05) is 11.6 Å². The van der Waals surface area contributed by atoms with Crippen molar-refractivity contribution in [3.8, 4) is 0 Å². The van der Waals surface area contributed by atoms with Crippen LogP contribution in [0.5, 0.6) is 0 Å². The lowest BCUT2D eigenvalue weighted by atomic mass is 9.84. The van der Waals surface area contributed by atoms with Crippen molar-refractivity contribution in [1.29, 1.82) is 0 Å². The van der Waals surface area contributed by atoms with Gasteiger partial charge in [-0.3, -0.25) is 4.79 Å². The fourth-order valence-corrected chi connectivity index (χ4v) is 2.61. The van der Waals surface area contributed by atoms with Crippen molar-refractivity contribution in [1.82, 2.24) is 0 Å². The van der Waals surface area contributed by atoms with Crippen LogP contribution in [0.15, 0.2) is 11.4 Å². The van der Waals surface area contributed by atoms with E-state index in [1.807, 2.05) is 5.38 Å². The second-order valence-corrected chi connectivity index (χ2v) is 5.18. The molecule has 0 radical (unpaired) electrons. The van der Waals surface area contributed by atoms with E-state index in [4.69, 9.17) is 22.1 Å². The van der Waals surface area contributed by atoms with E-state index < -0.39 is 11.5 Å². The first-order valence-electron chi connectivity index (χ1n) is 4.48. The smallest absolute Gasteiger partial charge is 0.313 e. The Balaban J connectivity index is 0.00000225. The normalized spacial score (nSPS) is 12.8. The Hall–Kier alpha value is -0.290. The third-order valence-corrected chi connectivity index (χ3v) is 3.86. The highest BCUT2D eigenvalue weighted by Crippen LogP contribution is 2.38. The number of carbonyl (C=O) groups is 1. The molecule has 92 valence electrons. The van der Waals surface area contributed by atoms with Crippen molar-refractivity contribution in [2.24, 2.45) is 11.1 Å². The molecule has 0 aliphatic carbocycles. The summed E-state index contributed by atoms with van der Waals surface area (Å²) in [5.74, 6) is -0.334. The summed E-state index contributed by atoms with van der Waals surface area (Å²) >= 11 is 7.41.